The van der Waals surface area contributed by atoms with Gasteiger partial charge < -0.3 is 4.74 Å². The molecule has 5 rings (SSSR count). The molecule has 32 heavy (non-hydrogen) atoms. The summed E-state index contributed by atoms with van der Waals surface area (Å²) in [6.07, 6.45) is 5.03. The van der Waals surface area contributed by atoms with E-state index in [2.05, 4.69) is 15.7 Å². The van der Waals surface area contributed by atoms with Crippen molar-refractivity contribution in [2.24, 2.45) is 11.8 Å². The maximum atomic E-state index is 12.8. The molecule has 3 amide bonds. The summed E-state index contributed by atoms with van der Waals surface area (Å²) in [7, 11) is 1.58. The highest BCUT2D eigenvalue weighted by molar-refractivity contribution is 7.22. The fraction of sp³-hybridized carbons (Fsp3) is 0.217. The van der Waals surface area contributed by atoms with Crippen LogP contribution in [0.15, 0.2) is 54.6 Å². The molecule has 3 aromatic rings. The number of fused-ring (bicyclic) bond motifs is 2. The van der Waals surface area contributed by atoms with Gasteiger partial charge in [0.1, 0.15) is 11.3 Å². The summed E-state index contributed by atoms with van der Waals surface area (Å²) in [6, 6.07) is 12.3. The Bertz CT molecular complexity index is 1240. The van der Waals surface area contributed by atoms with E-state index >= 15 is 0 Å². The molecule has 9 heteroatoms. The predicted octanol–water partition coefficient (Wildman–Crippen LogP) is 3.84. The number of benzene rings is 2. The normalized spacial score (nSPS) is 19.8. The molecule has 0 bridgehead atoms. The summed E-state index contributed by atoms with van der Waals surface area (Å²) in [5, 5.41) is 4.34. The predicted molar refractivity (Wildman–Crippen MR) is 121 cm³/mol. The highest BCUT2D eigenvalue weighted by Gasteiger charge is 2.47. The van der Waals surface area contributed by atoms with E-state index in [-0.39, 0.29) is 29.6 Å². The molecule has 2 aromatic carbocycles. The Morgan fingerprint density at radius 1 is 1.09 bits per heavy atom. The first-order chi connectivity index (χ1) is 15.5. The van der Waals surface area contributed by atoms with E-state index in [0.717, 1.165) is 9.71 Å². The molecule has 162 valence electrons. The van der Waals surface area contributed by atoms with Crippen LogP contribution < -0.4 is 15.5 Å². The van der Waals surface area contributed by atoms with Gasteiger partial charge in [-0.1, -0.05) is 35.6 Å². The molecule has 0 radical (unpaired) electrons. The van der Waals surface area contributed by atoms with Crippen LogP contribution in [0.2, 0.25) is 0 Å². The molecule has 8 nitrogen and oxygen atoms in total. The Morgan fingerprint density at radius 3 is 2.53 bits per heavy atom. The van der Waals surface area contributed by atoms with E-state index in [1.165, 1.54) is 11.3 Å². The van der Waals surface area contributed by atoms with Gasteiger partial charge in [-0.3, -0.25) is 25.1 Å². The highest BCUT2D eigenvalue weighted by Crippen LogP contribution is 2.35. The third-order valence-electron chi connectivity index (χ3n) is 5.70. The van der Waals surface area contributed by atoms with Gasteiger partial charge in [0.15, 0.2) is 5.13 Å². The van der Waals surface area contributed by atoms with Crippen molar-refractivity contribution in [3.8, 4) is 5.75 Å². The molecule has 1 fully saturated rings. The van der Waals surface area contributed by atoms with Crippen molar-refractivity contribution in [1.29, 1.82) is 0 Å². The van der Waals surface area contributed by atoms with Crippen LogP contribution in [0.25, 0.3) is 10.2 Å². The molecule has 1 aromatic heterocycles. The van der Waals surface area contributed by atoms with Crippen LogP contribution in [0, 0.1) is 11.8 Å². The van der Waals surface area contributed by atoms with Gasteiger partial charge in [0, 0.05) is 5.56 Å². The maximum Gasteiger partial charge on any atom is 0.257 e. The number of aromatic nitrogens is 1. The first-order valence-electron chi connectivity index (χ1n) is 10.2. The SMILES string of the molecule is COc1cccc2sc(NC(=O)c3cccc(NN4C(=O)[C@@H]5CC=CC[C@H]5C4=O)c3)nc12. The number of nitrogens with one attached hydrogen (secondary N) is 2. The number of carbonyl (C=O) groups excluding carboxylic acids is 3. The lowest BCUT2D eigenvalue weighted by molar-refractivity contribution is -0.138. The molecule has 1 aliphatic carbocycles. The zero-order chi connectivity index (χ0) is 22.2. The van der Waals surface area contributed by atoms with Crippen molar-refractivity contribution in [1.82, 2.24) is 9.99 Å². The number of ether oxygens (including phenoxy) is 1. The fourth-order valence-corrected chi connectivity index (χ4v) is 4.96. The van der Waals surface area contributed by atoms with Gasteiger partial charge in [-0.2, -0.15) is 5.01 Å². The molecular weight excluding hydrogens is 428 g/mol. The lowest BCUT2D eigenvalue weighted by atomic mass is 9.85. The van der Waals surface area contributed by atoms with E-state index < -0.39 is 0 Å². The number of hydrogen-bond donors (Lipinski definition) is 2. The molecule has 1 aliphatic heterocycles. The molecular formula is C23H20N4O4S. The van der Waals surface area contributed by atoms with Crippen molar-refractivity contribution in [3.05, 3.63) is 60.2 Å². The standard InChI is InChI=1S/C23H20N4O4S/c1-31-17-10-5-11-18-19(17)24-23(32-18)25-20(28)13-6-4-7-14(12-13)26-27-21(29)15-8-2-3-9-16(15)22(27)30/h2-7,10-12,15-16,26H,8-9H2,1H3,(H,24,25,28)/t15-,16-/m1/s1. The van der Waals surface area contributed by atoms with Crippen LogP contribution in [-0.2, 0) is 9.59 Å². The third-order valence-corrected chi connectivity index (χ3v) is 6.63. The molecule has 2 N–H and O–H groups in total. The highest BCUT2D eigenvalue weighted by atomic mass is 32.1. The van der Waals surface area contributed by atoms with Gasteiger partial charge in [-0.15, -0.1) is 0 Å². The Morgan fingerprint density at radius 2 is 1.81 bits per heavy atom. The van der Waals surface area contributed by atoms with Gasteiger partial charge in [-0.05, 0) is 43.2 Å². The second-order valence-electron chi connectivity index (χ2n) is 7.64. The van der Waals surface area contributed by atoms with Crippen LogP contribution in [-0.4, -0.2) is 34.8 Å². The van der Waals surface area contributed by atoms with Gasteiger partial charge in [-0.25, -0.2) is 4.98 Å². The number of methoxy groups -OCH3 is 1. The Hall–Kier alpha value is -3.72. The molecule has 2 aliphatic rings. The number of thiazole rings is 1. The summed E-state index contributed by atoms with van der Waals surface area (Å²) < 4.78 is 6.22. The second-order valence-corrected chi connectivity index (χ2v) is 8.67. The van der Waals surface area contributed by atoms with Crippen molar-refractivity contribution < 1.29 is 19.1 Å². The van der Waals surface area contributed by atoms with E-state index in [9.17, 15) is 14.4 Å². The zero-order valence-electron chi connectivity index (χ0n) is 17.2. The number of para-hydroxylation sites is 1. The van der Waals surface area contributed by atoms with Crippen molar-refractivity contribution >= 4 is 50.1 Å². The van der Waals surface area contributed by atoms with E-state index in [1.54, 1.807) is 31.4 Å². The fourth-order valence-electron chi connectivity index (χ4n) is 4.08. The van der Waals surface area contributed by atoms with Crippen molar-refractivity contribution in [2.75, 3.05) is 17.9 Å². The van der Waals surface area contributed by atoms with E-state index in [4.69, 9.17) is 4.74 Å². The van der Waals surface area contributed by atoms with Gasteiger partial charge in [0.2, 0.25) is 0 Å². The summed E-state index contributed by atoms with van der Waals surface area (Å²) >= 11 is 1.35. The van der Waals surface area contributed by atoms with Crippen LogP contribution in [0.5, 0.6) is 5.75 Å². The summed E-state index contributed by atoms with van der Waals surface area (Å²) in [5.41, 5.74) is 4.43. The first-order valence-corrected chi connectivity index (χ1v) is 11.0. The van der Waals surface area contributed by atoms with Crippen LogP contribution in [0.1, 0.15) is 23.2 Å². The average Bonchev–Trinajstić information content (AvgIpc) is 3.33. The lowest BCUT2D eigenvalue weighted by Gasteiger charge is -2.17. The smallest absolute Gasteiger partial charge is 0.257 e. The molecule has 0 saturated carbocycles. The largest absolute Gasteiger partial charge is 0.494 e. The monoisotopic (exact) mass is 448 g/mol. The minimum Gasteiger partial charge on any atom is -0.494 e. The molecule has 2 heterocycles. The van der Waals surface area contributed by atoms with E-state index in [1.807, 2.05) is 30.4 Å². The number of nitrogens with zero attached hydrogens (tertiary/aromatic N) is 2. The number of rotatable bonds is 5. The lowest BCUT2D eigenvalue weighted by Crippen LogP contribution is -2.36. The van der Waals surface area contributed by atoms with Gasteiger partial charge in [0.25, 0.3) is 17.7 Å². The molecule has 0 unspecified atom stereocenters. The number of carbonyl (C=O) groups is 3. The summed E-state index contributed by atoms with van der Waals surface area (Å²) in [6.45, 7) is 0. The number of allylic oxidation sites excluding steroid dienone is 2. The molecule has 1 saturated heterocycles. The first kappa shape index (κ1) is 20.2. The van der Waals surface area contributed by atoms with Crippen molar-refractivity contribution in [2.45, 2.75) is 12.8 Å². The minimum absolute atomic E-state index is 0.234. The average molecular weight is 449 g/mol. The zero-order valence-corrected chi connectivity index (χ0v) is 18.0. The number of imide groups is 1. The Labute approximate surface area is 187 Å². The van der Waals surface area contributed by atoms with Crippen LogP contribution in [0.3, 0.4) is 0 Å². The third kappa shape index (κ3) is 3.50. The molecule has 2 atom stereocenters. The Balaban J connectivity index is 1.32. The minimum atomic E-state index is -0.344. The van der Waals surface area contributed by atoms with Gasteiger partial charge in [0.05, 0.1) is 29.3 Å². The number of hydrogen-bond acceptors (Lipinski definition) is 7. The van der Waals surface area contributed by atoms with Crippen LogP contribution in [0.4, 0.5) is 10.8 Å². The van der Waals surface area contributed by atoms with Gasteiger partial charge >= 0.3 is 0 Å². The second kappa shape index (κ2) is 8.08. The maximum absolute atomic E-state index is 12.8. The summed E-state index contributed by atoms with van der Waals surface area (Å²) in [5.74, 6) is -0.806. The number of anilines is 2. The number of amides is 3. The number of hydrazine groups is 1. The topological polar surface area (TPSA) is 101 Å². The Kier molecular flexibility index (Phi) is 5.10. The van der Waals surface area contributed by atoms with Crippen molar-refractivity contribution in [3.63, 3.8) is 0 Å². The molecule has 0 spiro atoms. The van der Waals surface area contributed by atoms with E-state index in [0.29, 0.717) is 40.5 Å². The summed E-state index contributed by atoms with van der Waals surface area (Å²) in [4.78, 5) is 42.6. The quantitative estimate of drug-likeness (QED) is 0.454. The van der Waals surface area contributed by atoms with Crippen LogP contribution >= 0.6 is 11.3 Å².